The van der Waals surface area contributed by atoms with Gasteiger partial charge in [-0.15, -0.1) is 0 Å². The zero-order valence-electron chi connectivity index (χ0n) is 11.0. The number of carboxylic acids is 1. The van der Waals surface area contributed by atoms with Gasteiger partial charge in [0.25, 0.3) is 5.91 Å². The molecule has 0 bridgehead atoms. The molecule has 0 unspecified atom stereocenters. The minimum Gasteiger partial charge on any atom is -0.478 e. The van der Waals surface area contributed by atoms with Crippen LogP contribution in [0.5, 0.6) is 0 Å². The van der Waals surface area contributed by atoms with Gasteiger partial charge in [-0.2, -0.15) is 0 Å². The largest absolute Gasteiger partial charge is 0.478 e. The van der Waals surface area contributed by atoms with E-state index in [4.69, 9.17) is 5.11 Å². The number of carbonyl (C=O) groups is 2. The second kappa shape index (κ2) is 5.05. The van der Waals surface area contributed by atoms with Crippen molar-refractivity contribution in [3.05, 3.63) is 53.6 Å². The van der Waals surface area contributed by atoms with Crippen LogP contribution < -0.4 is 5.32 Å². The maximum atomic E-state index is 13.6. The highest BCUT2D eigenvalue weighted by Gasteiger charge is 2.26. The third-order valence-corrected chi connectivity index (χ3v) is 3.41. The lowest BCUT2D eigenvalue weighted by Gasteiger charge is -2.09. The third kappa shape index (κ3) is 2.65. The molecule has 3 rings (SSSR count). The van der Waals surface area contributed by atoms with Gasteiger partial charge < -0.3 is 15.0 Å². The summed E-state index contributed by atoms with van der Waals surface area (Å²) in [4.78, 5) is 22.9. The summed E-state index contributed by atoms with van der Waals surface area (Å²) in [6.07, 6.45) is 3.95. The highest BCUT2D eigenvalue weighted by molar-refractivity contribution is 6.03. The number of aromatic carboxylic acids is 1. The molecule has 1 amide bonds. The molecule has 1 fully saturated rings. The second-order valence-corrected chi connectivity index (χ2v) is 4.99. The van der Waals surface area contributed by atoms with Gasteiger partial charge in [-0.3, -0.25) is 4.79 Å². The average Bonchev–Trinajstić information content (AvgIpc) is 3.15. The van der Waals surface area contributed by atoms with E-state index in [1.54, 1.807) is 12.1 Å². The normalized spacial score (nSPS) is 14.0. The highest BCUT2D eigenvalue weighted by atomic mass is 19.1. The van der Waals surface area contributed by atoms with Gasteiger partial charge in [0.15, 0.2) is 0 Å². The Hall–Kier alpha value is -2.63. The van der Waals surface area contributed by atoms with Crippen LogP contribution in [0.2, 0.25) is 0 Å². The average molecular weight is 288 g/mol. The van der Waals surface area contributed by atoms with E-state index in [1.165, 1.54) is 6.07 Å². The van der Waals surface area contributed by atoms with E-state index in [9.17, 15) is 14.0 Å². The number of hydrogen-bond donors (Lipinski definition) is 2. The van der Waals surface area contributed by atoms with E-state index >= 15 is 0 Å². The molecule has 1 aromatic heterocycles. The van der Waals surface area contributed by atoms with E-state index in [-0.39, 0.29) is 11.6 Å². The van der Waals surface area contributed by atoms with Gasteiger partial charge >= 0.3 is 5.97 Å². The lowest BCUT2D eigenvalue weighted by atomic mass is 10.2. The van der Waals surface area contributed by atoms with E-state index in [0.29, 0.717) is 11.7 Å². The molecular formula is C15H13FN2O3. The molecule has 0 spiro atoms. The summed E-state index contributed by atoms with van der Waals surface area (Å²) >= 11 is 0. The summed E-state index contributed by atoms with van der Waals surface area (Å²) in [5.74, 6) is -2.56. The van der Waals surface area contributed by atoms with Crippen molar-refractivity contribution in [2.75, 3.05) is 5.32 Å². The van der Waals surface area contributed by atoms with Crippen molar-refractivity contribution in [2.45, 2.75) is 18.9 Å². The first-order valence-electron chi connectivity index (χ1n) is 6.57. The number of rotatable bonds is 4. The monoisotopic (exact) mass is 288 g/mol. The zero-order chi connectivity index (χ0) is 15.0. The number of carboxylic acid groups (broad SMARTS) is 1. The van der Waals surface area contributed by atoms with E-state index in [0.717, 1.165) is 25.0 Å². The van der Waals surface area contributed by atoms with Gasteiger partial charge in [-0.25, -0.2) is 9.18 Å². The summed E-state index contributed by atoms with van der Waals surface area (Å²) in [5, 5.41) is 11.3. The Morgan fingerprint density at radius 1 is 1.29 bits per heavy atom. The molecule has 6 heteroatoms. The fourth-order valence-corrected chi connectivity index (χ4v) is 2.22. The number of amides is 1. The maximum absolute atomic E-state index is 13.6. The maximum Gasteiger partial charge on any atom is 0.338 e. The quantitative estimate of drug-likeness (QED) is 0.908. The van der Waals surface area contributed by atoms with Crippen LogP contribution in [0.4, 0.5) is 10.1 Å². The predicted octanol–water partition coefficient (Wildman–Crippen LogP) is 2.91. The number of halogens is 1. The van der Waals surface area contributed by atoms with E-state index < -0.39 is 17.3 Å². The first-order valence-corrected chi connectivity index (χ1v) is 6.57. The molecule has 1 heterocycles. The first-order chi connectivity index (χ1) is 10.1. The number of nitrogens with zero attached hydrogens (tertiary/aromatic N) is 1. The van der Waals surface area contributed by atoms with Crippen LogP contribution in [0.25, 0.3) is 0 Å². The van der Waals surface area contributed by atoms with Crippen LogP contribution in [-0.4, -0.2) is 21.6 Å². The fraction of sp³-hybridized carbons (Fsp3) is 0.200. The standard InChI is InChI=1S/C15H13FN2O3/c16-12-8-9(3-6-11(12)15(20)21)17-14(19)13-2-1-7-18(13)10-4-5-10/h1-3,6-8,10H,4-5H2,(H,17,19)(H,20,21). The third-order valence-electron chi connectivity index (χ3n) is 3.41. The number of carbonyl (C=O) groups excluding carboxylic acids is 1. The van der Waals surface area contributed by atoms with E-state index in [2.05, 4.69) is 5.32 Å². The Morgan fingerprint density at radius 3 is 2.67 bits per heavy atom. The number of benzene rings is 1. The van der Waals surface area contributed by atoms with Crippen molar-refractivity contribution < 1.29 is 19.1 Å². The molecule has 1 aliphatic rings. The van der Waals surface area contributed by atoms with Crippen LogP contribution in [0.3, 0.4) is 0 Å². The van der Waals surface area contributed by atoms with Crippen molar-refractivity contribution in [3.8, 4) is 0 Å². The molecule has 0 aliphatic heterocycles. The Kier molecular flexibility index (Phi) is 3.21. The molecule has 0 atom stereocenters. The van der Waals surface area contributed by atoms with Crippen molar-refractivity contribution in [1.82, 2.24) is 4.57 Å². The number of nitrogens with one attached hydrogen (secondary N) is 1. The summed E-state index contributed by atoms with van der Waals surface area (Å²) in [6.45, 7) is 0. The van der Waals surface area contributed by atoms with E-state index in [1.807, 2.05) is 10.8 Å². The second-order valence-electron chi connectivity index (χ2n) is 4.99. The number of hydrogen-bond acceptors (Lipinski definition) is 2. The zero-order valence-corrected chi connectivity index (χ0v) is 11.0. The molecule has 5 nitrogen and oxygen atoms in total. The van der Waals surface area contributed by atoms with Crippen molar-refractivity contribution in [2.24, 2.45) is 0 Å². The van der Waals surface area contributed by atoms with Crippen LogP contribution in [0, 0.1) is 5.82 Å². The lowest BCUT2D eigenvalue weighted by Crippen LogP contribution is -2.16. The molecule has 0 radical (unpaired) electrons. The highest BCUT2D eigenvalue weighted by Crippen LogP contribution is 2.36. The van der Waals surface area contributed by atoms with Gasteiger partial charge in [0.05, 0.1) is 5.56 Å². The number of aromatic nitrogens is 1. The van der Waals surface area contributed by atoms with Crippen LogP contribution in [0.1, 0.15) is 39.7 Å². The molecule has 2 aromatic rings. The van der Waals surface area contributed by atoms with Crippen LogP contribution in [0.15, 0.2) is 36.5 Å². The first kappa shape index (κ1) is 13.4. The molecule has 1 aliphatic carbocycles. The fourth-order valence-electron chi connectivity index (χ4n) is 2.22. The minimum absolute atomic E-state index is 0.228. The SMILES string of the molecule is O=C(O)c1ccc(NC(=O)c2cccn2C2CC2)cc1F. The van der Waals surface area contributed by atoms with Gasteiger partial charge in [0.1, 0.15) is 11.5 Å². The predicted molar refractivity (Wildman–Crippen MR) is 74.0 cm³/mol. The Labute approximate surface area is 120 Å². The van der Waals surface area contributed by atoms with Crippen molar-refractivity contribution >= 4 is 17.6 Å². The van der Waals surface area contributed by atoms with Crippen LogP contribution in [-0.2, 0) is 0 Å². The Bertz CT molecular complexity index is 719. The van der Waals surface area contributed by atoms with Crippen molar-refractivity contribution in [1.29, 1.82) is 0 Å². The number of anilines is 1. The Morgan fingerprint density at radius 2 is 2.05 bits per heavy atom. The van der Waals surface area contributed by atoms with Gasteiger partial charge in [0.2, 0.25) is 0 Å². The Balaban J connectivity index is 1.80. The summed E-state index contributed by atoms with van der Waals surface area (Å²) in [7, 11) is 0. The summed E-state index contributed by atoms with van der Waals surface area (Å²) in [6, 6.07) is 7.37. The molecule has 2 N–H and O–H groups in total. The molecule has 1 aromatic carbocycles. The summed E-state index contributed by atoms with van der Waals surface area (Å²) in [5.41, 5.74) is 0.320. The smallest absolute Gasteiger partial charge is 0.338 e. The van der Waals surface area contributed by atoms with Crippen LogP contribution >= 0.6 is 0 Å². The van der Waals surface area contributed by atoms with Gasteiger partial charge in [-0.05, 0) is 43.2 Å². The molecule has 1 saturated carbocycles. The molecule has 21 heavy (non-hydrogen) atoms. The minimum atomic E-state index is -1.34. The lowest BCUT2D eigenvalue weighted by molar-refractivity contribution is 0.0692. The molecule has 108 valence electrons. The molecular weight excluding hydrogens is 275 g/mol. The van der Waals surface area contributed by atoms with Gasteiger partial charge in [0, 0.05) is 17.9 Å². The molecule has 0 saturated heterocycles. The topological polar surface area (TPSA) is 71.3 Å². The van der Waals surface area contributed by atoms with Gasteiger partial charge in [-0.1, -0.05) is 0 Å². The van der Waals surface area contributed by atoms with Crippen molar-refractivity contribution in [3.63, 3.8) is 0 Å². The summed E-state index contributed by atoms with van der Waals surface area (Å²) < 4.78 is 15.5.